The van der Waals surface area contributed by atoms with Gasteiger partial charge in [0.15, 0.2) is 0 Å². The third-order valence-corrected chi connectivity index (χ3v) is 5.23. The normalized spacial score (nSPS) is 11.9. The first-order valence-electron chi connectivity index (χ1n) is 6.26. The molecule has 1 amide bonds. The standard InChI is InChI=1S/C15H15BrN2O2S/c1-10-6-7-11(8-13(10)17)18-15(19)9-21(20)14-5-3-2-4-12(14)16/h2-8H,9,17H2,1H3,(H,18,19). The summed E-state index contributed by atoms with van der Waals surface area (Å²) in [6, 6.07) is 12.4. The molecular weight excluding hydrogens is 352 g/mol. The molecule has 1 atom stereocenters. The zero-order valence-electron chi connectivity index (χ0n) is 11.4. The highest BCUT2D eigenvalue weighted by molar-refractivity contribution is 9.10. The molecule has 3 N–H and O–H groups in total. The molecule has 0 saturated carbocycles. The van der Waals surface area contributed by atoms with Gasteiger partial charge in [-0.25, -0.2) is 0 Å². The Morgan fingerprint density at radius 2 is 2.00 bits per heavy atom. The third-order valence-electron chi connectivity index (χ3n) is 2.91. The van der Waals surface area contributed by atoms with Crippen molar-refractivity contribution < 1.29 is 9.00 Å². The number of halogens is 1. The minimum atomic E-state index is -1.40. The maximum atomic E-state index is 12.2. The van der Waals surface area contributed by atoms with Crippen LogP contribution in [0.4, 0.5) is 11.4 Å². The second-order valence-electron chi connectivity index (χ2n) is 4.54. The Hall–Kier alpha value is -1.66. The molecule has 4 nitrogen and oxygen atoms in total. The molecule has 0 fully saturated rings. The van der Waals surface area contributed by atoms with E-state index in [2.05, 4.69) is 21.2 Å². The van der Waals surface area contributed by atoms with Gasteiger partial charge in [0.25, 0.3) is 0 Å². The molecule has 2 rings (SSSR count). The van der Waals surface area contributed by atoms with Gasteiger partial charge in [-0.2, -0.15) is 0 Å². The van der Waals surface area contributed by atoms with E-state index in [1.54, 1.807) is 30.3 Å². The Bertz CT molecular complexity index is 704. The van der Waals surface area contributed by atoms with Gasteiger partial charge in [0.2, 0.25) is 5.91 Å². The van der Waals surface area contributed by atoms with E-state index in [1.807, 2.05) is 19.1 Å². The van der Waals surface area contributed by atoms with E-state index in [9.17, 15) is 9.00 Å². The van der Waals surface area contributed by atoms with Crippen molar-refractivity contribution in [3.63, 3.8) is 0 Å². The number of rotatable bonds is 4. The predicted molar refractivity (Wildman–Crippen MR) is 89.6 cm³/mol. The van der Waals surface area contributed by atoms with Crippen LogP contribution in [-0.2, 0) is 15.6 Å². The van der Waals surface area contributed by atoms with Crippen LogP contribution in [0.5, 0.6) is 0 Å². The summed E-state index contributed by atoms with van der Waals surface area (Å²) in [5, 5.41) is 2.70. The highest BCUT2D eigenvalue weighted by atomic mass is 79.9. The van der Waals surface area contributed by atoms with Crippen molar-refractivity contribution in [1.29, 1.82) is 0 Å². The Balaban J connectivity index is 2.03. The number of nitrogens with one attached hydrogen (secondary N) is 1. The van der Waals surface area contributed by atoms with Crippen LogP contribution in [0.25, 0.3) is 0 Å². The molecule has 1 unspecified atom stereocenters. The van der Waals surface area contributed by atoms with Crippen molar-refractivity contribution in [2.75, 3.05) is 16.8 Å². The van der Waals surface area contributed by atoms with Gasteiger partial charge < -0.3 is 11.1 Å². The number of nitrogen functional groups attached to an aromatic ring is 1. The van der Waals surface area contributed by atoms with Crippen LogP contribution in [0, 0.1) is 6.92 Å². The highest BCUT2D eigenvalue weighted by Crippen LogP contribution is 2.20. The van der Waals surface area contributed by atoms with Crippen LogP contribution in [-0.4, -0.2) is 15.9 Å². The number of anilines is 2. The summed E-state index contributed by atoms with van der Waals surface area (Å²) in [6.45, 7) is 1.89. The number of hydrogen-bond donors (Lipinski definition) is 2. The summed E-state index contributed by atoms with van der Waals surface area (Å²) in [5.41, 5.74) is 7.95. The first kappa shape index (κ1) is 15.7. The SMILES string of the molecule is Cc1ccc(NC(=O)CS(=O)c2ccccc2Br)cc1N. The van der Waals surface area contributed by atoms with Crippen LogP contribution in [0.1, 0.15) is 5.56 Å². The first-order valence-corrected chi connectivity index (χ1v) is 8.37. The van der Waals surface area contributed by atoms with E-state index in [-0.39, 0.29) is 11.7 Å². The lowest BCUT2D eigenvalue weighted by Gasteiger charge is -2.08. The lowest BCUT2D eigenvalue weighted by Crippen LogP contribution is -2.19. The van der Waals surface area contributed by atoms with Crippen LogP contribution >= 0.6 is 15.9 Å². The Morgan fingerprint density at radius 1 is 1.29 bits per heavy atom. The van der Waals surface area contributed by atoms with Crippen LogP contribution in [0.15, 0.2) is 51.8 Å². The smallest absolute Gasteiger partial charge is 0.237 e. The van der Waals surface area contributed by atoms with Crippen LogP contribution in [0.2, 0.25) is 0 Å². The Labute approximate surface area is 134 Å². The lowest BCUT2D eigenvalue weighted by atomic mass is 10.2. The second-order valence-corrected chi connectivity index (χ2v) is 6.81. The second kappa shape index (κ2) is 6.87. The molecular formula is C15H15BrN2O2S. The zero-order chi connectivity index (χ0) is 15.4. The minimum absolute atomic E-state index is 0.101. The average molecular weight is 367 g/mol. The van der Waals surface area contributed by atoms with E-state index in [4.69, 9.17) is 5.73 Å². The van der Waals surface area contributed by atoms with Crippen molar-refractivity contribution in [1.82, 2.24) is 0 Å². The highest BCUT2D eigenvalue weighted by Gasteiger charge is 2.13. The van der Waals surface area contributed by atoms with Crippen molar-refractivity contribution in [3.8, 4) is 0 Å². The number of aryl methyl sites for hydroxylation is 1. The fourth-order valence-electron chi connectivity index (χ4n) is 1.74. The predicted octanol–water partition coefficient (Wildman–Crippen LogP) is 3.09. The van der Waals surface area contributed by atoms with Crippen LogP contribution < -0.4 is 11.1 Å². The number of carbonyl (C=O) groups is 1. The number of nitrogens with two attached hydrogens (primary N) is 1. The molecule has 0 spiro atoms. The summed E-state index contributed by atoms with van der Waals surface area (Å²) in [5.74, 6) is -0.413. The molecule has 0 bridgehead atoms. The van der Waals surface area contributed by atoms with E-state index >= 15 is 0 Å². The maximum Gasteiger partial charge on any atom is 0.237 e. The molecule has 21 heavy (non-hydrogen) atoms. The number of benzene rings is 2. The average Bonchev–Trinajstić information content (AvgIpc) is 2.43. The summed E-state index contributed by atoms with van der Waals surface area (Å²) < 4.78 is 12.9. The van der Waals surface area contributed by atoms with Crippen LogP contribution in [0.3, 0.4) is 0 Å². The maximum absolute atomic E-state index is 12.2. The molecule has 110 valence electrons. The molecule has 6 heteroatoms. The summed E-state index contributed by atoms with van der Waals surface area (Å²) >= 11 is 3.33. The third kappa shape index (κ3) is 4.15. The minimum Gasteiger partial charge on any atom is -0.398 e. The van der Waals surface area contributed by atoms with Crippen molar-refractivity contribution in [3.05, 3.63) is 52.5 Å². The fraction of sp³-hybridized carbons (Fsp3) is 0.133. The van der Waals surface area contributed by atoms with Crippen molar-refractivity contribution in [2.24, 2.45) is 0 Å². The van der Waals surface area contributed by atoms with Gasteiger partial charge >= 0.3 is 0 Å². The van der Waals surface area contributed by atoms with Gasteiger partial charge in [0.1, 0.15) is 5.75 Å². The van der Waals surface area contributed by atoms with E-state index in [1.165, 1.54) is 0 Å². The topological polar surface area (TPSA) is 72.2 Å². The van der Waals surface area contributed by atoms with Crippen molar-refractivity contribution in [2.45, 2.75) is 11.8 Å². The van der Waals surface area contributed by atoms with Gasteiger partial charge in [-0.05, 0) is 52.7 Å². The summed E-state index contributed by atoms with van der Waals surface area (Å²) in [6.07, 6.45) is 0. The quantitative estimate of drug-likeness (QED) is 0.816. The number of carbonyl (C=O) groups excluding carboxylic acids is 1. The lowest BCUT2D eigenvalue weighted by molar-refractivity contribution is -0.113. The molecule has 0 aliphatic carbocycles. The molecule has 0 aliphatic heterocycles. The van der Waals surface area contributed by atoms with Crippen molar-refractivity contribution >= 4 is 44.0 Å². The fourth-order valence-corrected chi connectivity index (χ4v) is 3.55. The Kier molecular flexibility index (Phi) is 5.14. The molecule has 0 saturated heterocycles. The molecule has 0 radical (unpaired) electrons. The van der Waals surface area contributed by atoms with Gasteiger partial charge in [-0.1, -0.05) is 18.2 Å². The van der Waals surface area contributed by atoms with Gasteiger partial charge in [0.05, 0.1) is 15.7 Å². The molecule has 0 heterocycles. The van der Waals surface area contributed by atoms with E-state index in [0.29, 0.717) is 16.3 Å². The first-order chi connectivity index (χ1) is 9.97. The summed E-state index contributed by atoms with van der Waals surface area (Å²) in [7, 11) is -1.40. The van der Waals surface area contributed by atoms with E-state index < -0.39 is 10.8 Å². The van der Waals surface area contributed by atoms with Gasteiger partial charge in [-0.15, -0.1) is 0 Å². The largest absolute Gasteiger partial charge is 0.398 e. The zero-order valence-corrected chi connectivity index (χ0v) is 13.8. The van der Waals surface area contributed by atoms with Gasteiger partial charge in [-0.3, -0.25) is 9.00 Å². The molecule has 0 aromatic heterocycles. The molecule has 0 aliphatic rings. The molecule has 2 aromatic carbocycles. The monoisotopic (exact) mass is 366 g/mol. The Morgan fingerprint density at radius 3 is 2.67 bits per heavy atom. The van der Waals surface area contributed by atoms with Gasteiger partial charge in [0, 0.05) is 15.8 Å². The summed E-state index contributed by atoms with van der Waals surface area (Å²) in [4.78, 5) is 12.6. The number of amides is 1. The molecule has 2 aromatic rings. The number of hydrogen-bond acceptors (Lipinski definition) is 3. The van der Waals surface area contributed by atoms with E-state index in [0.717, 1.165) is 10.0 Å².